The highest BCUT2D eigenvalue weighted by Gasteiger charge is 2.26. The van der Waals surface area contributed by atoms with Gasteiger partial charge in [0.05, 0.1) is 7.11 Å². The molecule has 0 aliphatic carbocycles. The van der Waals surface area contributed by atoms with Gasteiger partial charge in [-0.15, -0.1) is 0 Å². The summed E-state index contributed by atoms with van der Waals surface area (Å²) in [6.07, 6.45) is 2.19. The highest BCUT2D eigenvalue weighted by atomic mass is 16.5. The molecule has 1 aliphatic rings. The summed E-state index contributed by atoms with van der Waals surface area (Å²) in [5.74, 6) is 0.493. The summed E-state index contributed by atoms with van der Waals surface area (Å²) in [4.78, 5) is 13.4. The number of hydrogen-bond donors (Lipinski definition) is 1. The lowest BCUT2D eigenvalue weighted by Crippen LogP contribution is -2.45. The van der Waals surface area contributed by atoms with Crippen LogP contribution in [0.1, 0.15) is 19.8 Å². The summed E-state index contributed by atoms with van der Waals surface area (Å²) >= 11 is 0. The Morgan fingerprint density at radius 2 is 2.14 bits per heavy atom. The quantitative estimate of drug-likeness (QED) is 0.662. The fraction of sp³-hybridized carbons (Fsp3) is 0.900. The van der Waals surface area contributed by atoms with E-state index in [9.17, 15) is 4.79 Å². The predicted molar refractivity (Wildman–Crippen MR) is 54.8 cm³/mol. The van der Waals surface area contributed by atoms with E-state index in [1.165, 1.54) is 7.11 Å². The van der Waals surface area contributed by atoms with Gasteiger partial charge < -0.3 is 10.5 Å². The molecular formula is C10H20N2O2. The van der Waals surface area contributed by atoms with Gasteiger partial charge in [-0.3, -0.25) is 9.69 Å². The zero-order chi connectivity index (χ0) is 10.6. The van der Waals surface area contributed by atoms with E-state index in [1.54, 1.807) is 0 Å². The normalized spacial score (nSPS) is 21.9. The first-order chi connectivity index (χ1) is 6.69. The number of nitrogens with zero attached hydrogens (tertiary/aromatic N) is 1. The van der Waals surface area contributed by atoms with Gasteiger partial charge in [0, 0.05) is 0 Å². The van der Waals surface area contributed by atoms with Gasteiger partial charge in [-0.2, -0.15) is 0 Å². The molecule has 0 aromatic carbocycles. The minimum atomic E-state index is -0.142. The van der Waals surface area contributed by atoms with Crippen molar-refractivity contribution in [2.45, 2.75) is 25.8 Å². The zero-order valence-corrected chi connectivity index (χ0v) is 9.03. The van der Waals surface area contributed by atoms with Crippen molar-refractivity contribution in [2.24, 2.45) is 11.7 Å². The molecule has 0 aromatic heterocycles. The molecule has 0 radical (unpaired) electrons. The van der Waals surface area contributed by atoms with Crippen LogP contribution in [0.2, 0.25) is 0 Å². The summed E-state index contributed by atoms with van der Waals surface area (Å²) < 4.78 is 4.71. The highest BCUT2D eigenvalue weighted by molar-refractivity contribution is 5.75. The van der Waals surface area contributed by atoms with Crippen molar-refractivity contribution in [3.8, 4) is 0 Å². The van der Waals surface area contributed by atoms with Gasteiger partial charge in [0.1, 0.15) is 6.04 Å². The lowest BCUT2D eigenvalue weighted by molar-refractivity contribution is -0.146. The van der Waals surface area contributed by atoms with Gasteiger partial charge in [-0.25, -0.2) is 0 Å². The average molecular weight is 200 g/mol. The van der Waals surface area contributed by atoms with E-state index in [-0.39, 0.29) is 12.0 Å². The lowest BCUT2D eigenvalue weighted by Gasteiger charge is -2.34. The third-order valence-electron chi connectivity index (χ3n) is 3.07. The predicted octanol–water partition coefficient (Wildman–Crippen LogP) is 0.219. The van der Waals surface area contributed by atoms with Crippen LogP contribution in [-0.4, -0.2) is 43.7 Å². The molecule has 0 aromatic rings. The summed E-state index contributed by atoms with van der Waals surface area (Å²) in [6, 6.07) is -0.112. The van der Waals surface area contributed by atoms with E-state index in [0.717, 1.165) is 32.5 Å². The molecule has 0 amide bonds. The zero-order valence-electron chi connectivity index (χ0n) is 9.03. The Bertz CT molecular complexity index is 189. The molecule has 1 heterocycles. The lowest BCUT2D eigenvalue weighted by atomic mass is 9.96. The standard InChI is InChI=1S/C10H20N2O2/c1-8(10(13)14-2)12-5-3-9(7-11)4-6-12/h8-9H,3-7,11H2,1-2H3/t8-/m0/s1. The molecule has 4 nitrogen and oxygen atoms in total. The number of carbonyl (C=O) groups is 1. The molecule has 14 heavy (non-hydrogen) atoms. The molecule has 0 saturated carbocycles. The molecular weight excluding hydrogens is 180 g/mol. The molecule has 1 saturated heterocycles. The topological polar surface area (TPSA) is 55.6 Å². The van der Waals surface area contributed by atoms with Crippen LogP contribution >= 0.6 is 0 Å². The van der Waals surface area contributed by atoms with Crippen LogP contribution in [0.5, 0.6) is 0 Å². The molecule has 82 valence electrons. The van der Waals surface area contributed by atoms with Gasteiger partial charge in [-0.1, -0.05) is 0 Å². The number of hydrogen-bond acceptors (Lipinski definition) is 4. The largest absolute Gasteiger partial charge is 0.468 e. The molecule has 1 aliphatic heterocycles. The first-order valence-electron chi connectivity index (χ1n) is 5.21. The van der Waals surface area contributed by atoms with Crippen LogP contribution in [0.15, 0.2) is 0 Å². The maximum Gasteiger partial charge on any atom is 0.322 e. The van der Waals surface area contributed by atoms with Gasteiger partial charge in [0.2, 0.25) is 0 Å². The molecule has 1 rings (SSSR count). The minimum Gasteiger partial charge on any atom is -0.468 e. The van der Waals surface area contributed by atoms with Crippen molar-refractivity contribution >= 4 is 5.97 Å². The minimum absolute atomic E-state index is 0.112. The van der Waals surface area contributed by atoms with E-state index in [0.29, 0.717) is 5.92 Å². The van der Waals surface area contributed by atoms with Crippen molar-refractivity contribution < 1.29 is 9.53 Å². The molecule has 0 unspecified atom stereocenters. The third-order valence-corrected chi connectivity index (χ3v) is 3.07. The fourth-order valence-electron chi connectivity index (χ4n) is 1.90. The van der Waals surface area contributed by atoms with Crippen LogP contribution in [0.4, 0.5) is 0 Å². The summed E-state index contributed by atoms with van der Waals surface area (Å²) in [7, 11) is 1.44. The Balaban J connectivity index is 2.37. The Kier molecular flexibility index (Phi) is 4.35. The number of esters is 1. The van der Waals surface area contributed by atoms with Crippen molar-refractivity contribution in [1.82, 2.24) is 4.90 Å². The Labute approximate surface area is 85.4 Å². The second-order valence-corrected chi connectivity index (χ2v) is 3.91. The summed E-state index contributed by atoms with van der Waals surface area (Å²) in [5.41, 5.74) is 5.60. The third kappa shape index (κ3) is 2.69. The Morgan fingerprint density at radius 1 is 1.57 bits per heavy atom. The van der Waals surface area contributed by atoms with Crippen LogP contribution < -0.4 is 5.73 Å². The van der Waals surface area contributed by atoms with Crippen LogP contribution in [-0.2, 0) is 9.53 Å². The first kappa shape index (κ1) is 11.5. The monoisotopic (exact) mass is 200 g/mol. The van der Waals surface area contributed by atoms with Gasteiger partial charge in [0.25, 0.3) is 0 Å². The number of likely N-dealkylation sites (tertiary alicyclic amines) is 1. The second kappa shape index (κ2) is 5.32. The number of rotatable bonds is 3. The van der Waals surface area contributed by atoms with Crippen LogP contribution in [0.25, 0.3) is 0 Å². The highest BCUT2D eigenvalue weighted by Crippen LogP contribution is 2.17. The smallest absolute Gasteiger partial charge is 0.322 e. The number of ether oxygens (including phenoxy) is 1. The summed E-state index contributed by atoms with van der Waals surface area (Å²) in [5, 5.41) is 0. The van der Waals surface area contributed by atoms with E-state index < -0.39 is 0 Å². The molecule has 0 bridgehead atoms. The van der Waals surface area contributed by atoms with E-state index in [2.05, 4.69) is 4.90 Å². The van der Waals surface area contributed by atoms with Crippen LogP contribution in [0, 0.1) is 5.92 Å². The van der Waals surface area contributed by atoms with E-state index in [4.69, 9.17) is 10.5 Å². The second-order valence-electron chi connectivity index (χ2n) is 3.91. The fourth-order valence-corrected chi connectivity index (χ4v) is 1.90. The van der Waals surface area contributed by atoms with Gasteiger partial charge >= 0.3 is 5.97 Å². The molecule has 0 spiro atoms. The maximum atomic E-state index is 11.3. The maximum absolute atomic E-state index is 11.3. The average Bonchev–Trinajstić information content (AvgIpc) is 2.27. The van der Waals surface area contributed by atoms with E-state index >= 15 is 0 Å². The molecule has 4 heteroatoms. The Morgan fingerprint density at radius 3 is 2.57 bits per heavy atom. The van der Waals surface area contributed by atoms with Crippen molar-refractivity contribution in [2.75, 3.05) is 26.7 Å². The van der Waals surface area contributed by atoms with Crippen molar-refractivity contribution in [3.63, 3.8) is 0 Å². The first-order valence-corrected chi connectivity index (χ1v) is 5.21. The summed E-state index contributed by atoms with van der Waals surface area (Å²) in [6.45, 7) is 4.57. The van der Waals surface area contributed by atoms with Crippen LogP contribution in [0.3, 0.4) is 0 Å². The Hall–Kier alpha value is -0.610. The molecule has 1 atom stereocenters. The number of nitrogens with two attached hydrogens (primary N) is 1. The molecule has 2 N–H and O–H groups in total. The number of methoxy groups -OCH3 is 1. The number of carbonyl (C=O) groups excluding carboxylic acids is 1. The molecule has 1 fully saturated rings. The van der Waals surface area contributed by atoms with E-state index in [1.807, 2.05) is 6.92 Å². The number of piperidine rings is 1. The van der Waals surface area contributed by atoms with Crippen molar-refractivity contribution in [1.29, 1.82) is 0 Å². The van der Waals surface area contributed by atoms with Gasteiger partial charge in [-0.05, 0) is 45.3 Å². The van der Waals surface area contributed by atoms with Crippen molar-refractivity contribution in [3.05, 3.63) is 0 Å². The van der Waals surface area contributed by atoms with Gasteiger partial charge in [0.15, 0.2) is 0 Å². The SMILES string of the molecule is COC(=O)[C@H](C)N1CCC(CN)CC1.